The Labute approximate surface area is 119 Å². The van der Waals surface area contributed by atoms with Crippen LogP contribution in [0.4, 0.5) is 0 Å². The van der Waals surface area contributed by atoms with E-state index in [0.717, 1.165) is 0 Å². The van der Waals surface area contributed by atoms with Crippen molar-refractivity contribution in [2.24, 2.45) is 0 Å². The van der Waals surface area contributed by atoms with E-state index in [2.05, 4.69) is 54.9 Å². The van der Waals surface area contributed by atoms with E-state index < -0.39 is 0 Å². The summed E-state index contributed by atoms with van der Waals surface area (Å²) >= 11 is 1.83. The van der Waals surface area contributed by atoms with Crippen LogP contribution < -0.4 is 5.32 Å². The molecule has 0 aliphatic heterocycles. The van der Waals surface area contributed by atoms with Gasteiger partial charge in [0.15, 0.2) is 0 Å². The number of benzene rings is 1. The zero-order valence-electron chi connectivity index (χ0n) is 11.6. The smallest absolute Gasteiger partial charge is 0.0391 e. The number of aryl methyl sites for hydroxylation is 2. The van der Waals surface area contributed by atoms with Gasteiger partial charge < -0.3 is 5.32 Å². The summed E-state index contributed by atoms with van der Waals surface area (Å²) in [5.74, 6) is 0. The van der Waals surface area contributed by atoms with Crippen molar-refractivity contribution in [3.8, 4) is 0 Å². The van der Waals surface area contributed by atoms with E-state index in [1.165, 1.54) is 29.7 Å². The van der Waals surface area contributed by atoms with Crippen LogP contribution in [0.1, 0.15) is 53.9 Å². The lowest BCUT2D eigenvalue weighted by atomic mass is 10.0. The minimum Gasteiger partial charge on any atom is -0.303 e. The Hall–Kier alpha value is -1.12. The van der Waals surface area contributed by atoms with Crippen LogP contribution >= 0.6 is 11.3 Å². The van der Waals surface area contributed by atoms with E-state index in [1.807, 2.05) is 11.3 Å². The molecule has 100 valence electrons. The highest BCUT2D eigenvalue weighted by molar-refractivity contribution is 7.10. The molecule has 0 saturated carbocycles. The largest absolute Gasteiger partial charge is 0.303 e. The molecule has 0 spiro atoms. The fourth-order valence-electron chi connectivity index (χ4n) is 2.95. The van der Waals surface area contributed by atoms with Crippen LogP contribution in [0.15, 0.2) is 35.7 Å². The third-order valence-electron chi connectivity index (χ3n) is 4.09. The molecule has 1 heterocycles. The summed E-state index contributed by atoms with van der Waals surface area (Å²) in [7, 11) is 0. The molecule has 1 aromatic heterocycles. The molecule has 1 aliphatic rings. The predicted molar refractivity (Wildman–Crippen MR) is 82.8 cm³/mol. The first kappa shape index (κ1) is 12.9. The molecule has 2 aromatic rings. The topological polar surface area (TPSA) is 12.0 Å². The number of hydrogen-bond donors (Lipinski definition) is 1. The van der Waals surface area contributed by atoms with Gasteiger partial charge in [-0.1, -0.05) is 24.3 Å². The van der Waals surface area contributed by atoms with Crippen LogP contribution in [0, 0.1) is 0 Å². The van der Waals surface area contributed by atoms with E-state index in [1.54, 1.807) is 11.1 Å². The Morgan fingerprint density at radius 3 is 2.68 bits per heavy atom. The van der Waals surface area contributed by atoms with Crippen molar-refractivity contribution in [2.75, 3.05) is 0 Å². The molecule has 0 bridgehead atoms. The Morgan fingerprint density at radius 1 is 1.05 bits per heavy atom. The van der Waals surface area contributed by atoms with E-state index in [0.29, 0.717) is 12.1 Å². The average Bonchev–Trinajstić information content (AvgIpc) is 3.09. The van der Waals surface area contributed by atoms with Gasteiger partial charge in [0.25, 0.3) is 0 Å². The van der Waals surface area contributed by atoms with Crippen molar-refractivity contribution in [2.45, 2.75) is 45.2 Å². The monoisotopic (exact) mass is 271 g/mol. The Balaban J connectivity index is 1.72. The van der Waals surface area contributed by atoms with Gasteiger partial charge in [-0.05, 0) is 61.2 Å². The van der Waals surface area contributed by atoms with Gasteiger partial charge in [-0.3, -0.25) is 0 Å². The third-order valence-corrected chi connectivity index (χ3v) is 5.15. The first-order valence-corrected chi connectivity index (χ1v) is 8.03. The van der Waals surface area contributed by atoms with Crippen molar-refractivity contribution in [1.29, 1.82) is 0 Å². The first-order chi connectivity index (χ1) is 9.24. The fraction of sp³-hybridized carbons (Fsp3) is 0.412. The maximum absolute atomic E-state index is 3.70. The second-order valence-electron chi connectivity index (χ2n) is 5.51. The molecule has 1 N–H and O–H groups in total. The van der Waals surface area contributed by atoms with Crippen molar-refractivity contribution in [3.05, 3.63) is 57.3 Å². The van der Waals surface area contributed by atoms with Gasteiger partial charge in [-0.2, -0.15) is 0 Å². The Kier molecular flexibility index (Phi) is 3.72. The zero-order valence-corrected chi connectivity index (χ0v) is 12.5. The van der Waals surface area contributed by atoms with Crippen molar-refractivity contribution >= 4 is 11.3 Å². The lowest BCUT2D eigenvalue weighted by molar-refractivity contribution is 0.500. The van der Waals surface area contributed by atoms with E-state index in [4.69, 9.17) is 0 Å². The molecular formula is C17H21NS. The molecule has 0 amide bonds. The molecule has 3 rings (SSSR count). The van der Waals surface area contributed by atoms with E-state index in [9.17, 15) is 0 Å². The quantitative estimate of drug-likeness (QED) is 0.853. The second kappa shape index (κ2) is 5.48. The van der Waals surface area contributed by atoms with Crippen LogP contribution in [0.25, 0.3) is 0 Å². The normalized spacial score (nSPS) is 17.2. The highest BCUT2D eigenvalue weighted by Gasteiger charge is 2.15. The average molecular weight is 271 g/mol. The Bertz CT molecular complexity index is 544. The summed E-state index contributed by atoms with van der Waals surface area (Å²) in [5.41, 5.74) is 4.54. The molecule has 2 heteroatoms. The number of thiophene rings is 1. The van der Waals surface area contributed by atoms with Crippen LogP contribution in [0.3, 0.4) is 0 Å². The van der Waals surface area contributed by atoms with Gasteiger partial charge in [0.1, 0.15) is 0 Å². The van der Waals surface area contributed by atoms with Crippen LogP contribution in [0.5, 0.6) is 0 Å². The molecule has 0 saturated heterocycles. The maximum atomic E-state index is 3.70. The standard InChI is InChI=1S/C17H21NS/c1-12(18-13(2)17-7-4-10-19-17)15-9-8-14-5-3-6-16(14)11-15/h4,7-13,18H,3,5-6H2,1-2H3/t12?,13-/m1/s1. The first-order valence-electron chi connectivity index (χ1n) is 7.15. The summed E-state index contributed by atoms with van der Waals surface area (Å²) in [6, 6.07) is 12.2. The SMILES string of the molecule is CC(N[C@H](C)c1cccs1)c1ccc2c(c1)CCC2. The van der Waals surface area contributed by atoms with E-state index >= 15 is 0 Å². The number of hydrogen-bond acceptors (Lipinski definition) is 2. The van der Waals surface area contributed by atoms with Gasteiger partial charge in [-0.15, -0.1) is 11.3 Å². The van der Waals surface area contributed by atoms with Crippen LogP contribution in [0.2, 0.25) is 0 Å². The lowest BCUT2D eigenvalue weighted by Gasteiger charge is -2.20. The number of nitrogens with one attached hydrogen (secondary N) is 1. The Morgan fingerprint density at radius 2 is 1.89 bits per heavy atom. The molecule has 1 unspecified atom stereocenters. The fourth-order valence-corrected chi connectivity index (χ4v) is 3.70. The second-order valence-corrected chi connectivity index (χ2v) is 6.49. The van der Waals surface area contributed by atoms with Gasteiger partial charge in [0.05, 0.1) is 0 Å². The molecule has 1 nitrogen and oxygen atoms in total. The lowest BCUT2D eigenvalue weighted by Crippen LogP contribution is -2.21. The summed E-state index contributed by atoms with van der Waals surface area (Å²) in [6.45, 7) is 4.51. The molecule has 1 aliphatic carbocycles. The number of fused-ring (bicyclic) bond motifs is 1. The van der Waals surface area contributed by atoms with Crippen LogP contribution in [-0.4, -0.2) is 0 Å². The molecule has 19 heavy (non-hydrogen) atoms. The van der Waals surface area contributed by atoms with Gasteiger partial charge in [0.2, 0.25) is 0 Å². The molecule has 1 aromatic carbocycles. The summed E-state index contributed by atoms with van der Waals surface area (Å²) in [6.07, 6.45) is 3.85. The summed E-state index contributed by atoms with van der Waals surface area (Å²) < 4.78 is 0. The van der Waals surface area contributed by atoms with Crippen LogP contribution in [-0.2, 0) is 12.8 Å². The van der Waals surface area contributed by atoms with Crippen molar-refractivity contribution in [1.82, 2.24) is 5.32 Å². The van der Waals surface area contributed by atoms with Crippen molar-refractivity contribution in [3.63, 3.8) is 0 Å². The summed E-state index contributed by atoms with van der Waals surface area (Å²) in [4.78, 5) is 1.41. The highest BCUT2D eigenvalue weighted by atomic mass is 32.1. The maximum Gasteiger partial charge on any atom is 0.0391 e. The van der Waals surface area contributed by atoms with Gasteiger partial charge >= 0.3 is 0 Å². The summed E-state index contributed by atoms with van der Waals surface area (Å²) in [5, 5.41) is 5.85. The van der Waals surface area contributed by atoms with Gasteiger partial charge in [0, 0.05) is 17.0 Å². The van der Waals surface area contributed by atoms with Crippen molar-refractivity contribution < 1.29 is 0 Å². The molecule has 0 fully saturated rings. The minimum atomic E-state index is 0.406. The zero-order chi connectivity index (χ0) is 13.2. The third kappa shape index (κ3) is 2.75. The number of rotatable bonds is 4. The molecule has 2 atom stereocenters. The molecular weight excluding hydrogens is 250 g/mol. The minimum absolute atomic E-state index is 0.406. The van der Waals surface area contributed by atoms with Gasteiger partial charge in [-0.25, -0.2) is 0 Å². The predicted octanol–water partition coefficient (Wildman–Crippen LogP) is 4.65. The molecule has 0 radical (unpaired) electrons. The van der Waals surface area contributed by atoms with E-state index in [-0.39, 0.29) is 0 Å². The highest BCUT2D eigenvalue weighted by Crippen LogP contribution is 2.27.